The molecule has 0 saturated carbocycles. The molecule has 1 rings (SSSR count). The van der Waals surface area contributed by atoms with Crippen LogP contribution in [0.4, 0.5) is 0 Å². The van der Waals surface area contributed by atoms with E-state index in [9.17, 15) is 0 Å². The van der Waals surface area contributed by atoms with Crippen molar-refractivity contribution in [1.29, 1.82) is 0 Å². The lowest BCUT2D eigenvalue weighted by atomic mass is 9.97. The van der Waals surface area contributed by atoms with Gasteiger partial charge in [-0.05, 0) is 43.0 Å². The molecule has 0 bridgehead atoms. The van der Waals surface area contributed by atoms with Crippen molar-refractivity contribution in [1.82, 2.24) is 0 Å². The number of benzene rings is 1. The Labute approximate surface area is 99.1 Å². The summed E-state index contributed by atoms with van der Waals surface area (Å²) in [6.45, 7) is 10.0. The number of methoxy groups -OCH3 is 1. The third-order valence-electron chi connectivity index (χ3n) is 2.76. The lowest BCUT2D eigenvalue weighted by Crippen LogP contribution is -1.95. The Bertz CT molecular complexity index is 341. The summed E-state index contributed by atoms with van der Waals surface area (Å²) in [5.74, 6) is 1.05. The Balaban J connectivity index is 2.95. The summed E-state index contributed by atoms with van der Waals surface area (Å²) >= 11 is 0. The molecular weight excluding hydrogens is 196 g/mol. The molecule has 87 valence electrons. The van der Waals surface area contributed by atoms with Gasteiger partial charge >= 0.3 is 0 Å². The predicted molar refractivity (Wildman–Crippen MR) is 69.9 cm³/mol. The van der Waals surface area contributed by atoms with E-state index in [1.165, 1.54) is 24.0 Å². The van der Waals surface area contributed by atoms with E-state index in [0.29, 0.717) is 0 Å². The summed E-state index contributed by atoms with van der Waals surface area (Å²) in [5, 5.41) is 0. The minimum atomic E-state index is 0.135. The van der Waals surface area contributed by atoms with Crippen LogP contribution in [-0.4, -0.2) is 7.11 Å². The van der Waals surface area contributed by atoms with Crippen LogP contribution in [0.25, 0.3) is 0 Å². The topological polar surface area (TPSA) is 9.23 Å². The largest absolute Gasteiger partial charge is 0.497 e. The first-order chi connectivity index (χ1) is 7.71. The first-order valence-corrected chi connectivity index (χ1v) is 5.84. The Morgan fingerprint density at radius 2 is 2.12 bits per heavy atom. The van der Waals surface area contributed by atoms with E-state index in [0.717, 1.165) is 12.2 Å². The van der Waals surface area contributed by atoms with Crippen molar-refractivity contribution in [3.05, 3.63) is 48.9 Å². The highest BCUT2D eigenvalue weighted by Gasteiger charge is 2.05. The fourth-order valence-electron chi connectivity index (χ4n) is 1.68. The molecule has 0 aliphatic heterocycles. The summed E-state index contributed by atoms with van der Waals surface area (Å²) in [4.78, 5) is 0. The minimum Gasteiger partial charge on any atom is -0.497 e. The zero-order chi connectivity index (χ0) is 12.0. The van der Waals surface area contributed by atoms with Crippen LogP contribution in [0, 0.1) is 6.92 Å². The smallest absolute Gasteiger partial charge is 0.119 e. The quantitative estimate of drug-likeness (QED) is 0.651. The molecule has 1 radical (unpaired) electrons. The molecule has 1 unspecified atom stereocenters. The fraction of sp³-hybridized carbons (Fsp3) is 0.400. The van der Waals surface area contributed by atoms with Gasteiger partial charge in [0, 0.05) is 5.92 Å². The summed E-state index contributed by atoms with van der Waals surface area (Å²) in [6, 6.07) is 6.35. The highest BCUT2D eigenvalue weighted by molar-refractivity contribution is 5.38. The van der Waals surface area contributed by atoms with Gasteiger partial charge in [-0.3, -0.25) is 0 Å². The van der Waals surface area contributed by atoms with Gasteiger partial charge in [-0.2, -0.15) is 0 Å². The number of ether oxygens (including phenoxy) is 1. The maximum Gasteiger partial charge on any atom is 0.119 e. The van der Waals surface area contributed by atoms with Crippen LogP contribution in [0.3, 0.4) is 0 Å². The van der Waals surface area contributed by atoms with Gasteiger partial charge in [0.2, 0.25) is 0 Å². The van der Waals surface area contributed by atoms with Crippen molar-refractivity contribution in [3.63, 3.8) is 0 Å². The molecule has 0 amide bonds. The van der Waals surface area contributed by atoms with Crippen molar-refractivity contribution < 1.29 is 4.74 Å². The van der Waals surface area contributed by atoms with Gasteiger partial charge in [-0.25, -0.2) is 0 Å². The Morgan fingerprint density at radius 3 is 2.69 bits per heavy atom. The number of aryl methyl sites for hydroxylation is 1. The van der Waals surface area contributed by atoms with E-state index in [2.05, 4.69) is 32.6 Å². The molecule has 0 spiro atoms. The zero-order valence-corrected chi connectivity index (χ0v) is 10.3. The van der Waals surface area contributed by atoms with E-state index in [4.69, 9.17) is 4.74 Å². The molecule has 0 aromatic heterocycles. The lowest BCUT2D eigenvalue weighted by Gasteiger charge is -2.11. The lowest BCUT2D eigenvalue weighted by molar-refractivity contribution is 0.413. The van der Waals surface area contributed by atoms with Gasteiger partial charge in [0.25, 0.3) is 0 Å². The SMILES string of the molecule is [CH2]C(C=C)c1cc(CCCC)cc(OC)c1. The van der Waals surface area contributed by atoms with Crippen LogP contribution in [0.2, 0.25) is 0 Å². The number of rotatable bonds is 6. The molecule has 0 fully saturated rings. The molecule has 1 aromatic rings. The second kappa shape index (κ2) is 6.37. The van der Waals surface area contributed by atoms with Crippen LogP contribution >= 0.6 is 0 Å². The van der Waals surface area contributed by atoms with Gasteiger partial charge in [0.1, 0.15) is 5.75 Å². The second-order valence-corrected chi connectivity index (χ2v) is 4.06. The van der Waals surface area contributed by atoms with E-state index < -0.39 is 0 Å². The number of hydrogen-bond donors (Lipinski definition) is 0. The van der Waals surface area contributed by atoms with Crippen LogP contribution < -0.4 is 4.74 Å². The summed E-state index contributed by atoms with van der Waals surface area (Å²) < 4.78 is 5.31. The van der Waals surface area contributed by atoms with Gasteiger partial charge in [-0.1, -0.05) is 25.5 Å². The van der Waals surface area contributed by atoms with Gasteiger partial charge in [-0.15, -0.1) is 6.58 Å². The van der Waals surface area contributed by atoms with Crippen molar-refractivity contribution in [2.24, 2.45) is 0 Å². The van der Waals surface area contributed by atoms with Crippen molar-refractivity contribution in [3.8, 4) is 5.75 Å². The number of unbranched alkanes of at least 4 members (excludes halogenated alkanes) is 1. The molecule has 1 aromatic carbocycles. The molecule has 0 saturated heterocycles. The maximum absolute atomic E-state index is 5.31. The van der Waals surface area contributed by atoms with Crippen molar-refractivity contribution in [2.45, 2.75) is 32.1 Å². The standard InChI is InChI=1S/C15H21O/c1-5-7-8-13-9-14(12(3)6-2)11-15(10-13)16-4/h6,9-12H,2-3,5,7-8H2,1,4H3. The Hall–Kier alpha value is -1.24. The summed E-state index contributed by atoms with van der Waals surface area (Å²) in [7, 11) is 1.70. The maximum atomic E-state index is 5.31. The van der Waals surface area contributed by atoms with Gasteiger partial charge < -0.3 is 4.74 Å². The number of hydrogen-bond acceptors (Lipinski definition) is 1. The molecule has 0 heterocycles. The molecule has 1 heteroatoms. The molecule has 1 atom stereocenters. The highest BCUT2D eigenvalue weighted by atomic mass is 16.5. The van der Waals surface area contributed by atoms with Crippen molar-refractivity contribution >= 4 is 0 Å². The van der Waals surface area contributed by atoms with E-state index in [1.54, 1.807) is 7.11 Å². The van der Waals surface area contributed by atoms with E-state index >= 15 is 0 Å². The molecular formula is C15H21O. The Kier molecular flexibility index (Phi) is 5.10. The first kappa shape index (κ1) is 12.8. The van der Waals surface area contributed by atoms with Crippen LogP contribution in [-0.2, 0) is 6.42 Å². The predicted octanol–water partition coefficient (Wildman–Crippen LogP) is 4.14. The first-order valence-electron chi connectivity index (χ1n) is 5.84. The summed E-state index contributed by atoms with van der Waals surface area (Å²) in [6.07, 6.45) is 5.38. The number of allylic oxidation sites excluding steroid dienone is 1. The monoisotopic (exact) mass is 217 g/mol. The average Bonchev–Trinajstić information content (AvgIpc) is 2.34. The molecule has 16 heavy (non-hydrogen) atoms. The van der Waals surface area contributed by atoms with Crippen LogP contribution in [0.5, 0.6) is 5.75 Å². The molecule has 0 N–H and O–H groups in total. The van der Waals surface area contributed by atoms with E-state index in [-0.39, 0.29) is 5.92 Å². The summed E-state index contributed by atoms with van der Waals surface area (Å²) in [5.41, 5.74) is 2.51. The normalized spacial score (nSPS) is 12.2. The third-order valence-corrected chi connectivity index (χ3v) is 2.76. The van der Waals surface area contributed by atoms with Crippen LogP contribution in [0.1, 0.15) is 36.8 Å². The molecule has 0 aliphatic rings. The fourth-order valence-corrected chi connectivity index (χ4v) is 1.68. The molecule has 0 aliphatic carbocycles. The van der Waals surface area contributed by atoms with Gasteiger partial charge in [0.15, 0.2) is 0 Å². The van der Waals surface area contributed by atoms with Gasteiger partial charge in [0.05, 0.1) is 7.11 Å². The minimum absolute atomic E-state index is 0.135. The zero-order valence-electron chi connectivity index (χ0n) is 10.3. The van der Waals surface area contributed by atoms with E-state index in [1.807, 2.05) is 12.1 Å². The Morgan fingerprint density at radius 1 is 1.38 bits per heavy atom. The van der Waals surface area contributed by atoms with Crippen molar-refractivity contribution in [2.75, 3.05) is 7.11 Å². The molecule has 1 nitrogen and oxygen atoms in total. The second-order valence-electron chi connectivity index (χ2n) is 4.06. The average molecular weight is 217 g/mol. The highest BCUT2D eigenvalue weighted by Crippen LogP contribution is 2.24. The third kappa shape index (κ3) is 3.41. The van der Waals surface area contributed by atoms with Crippen LogP contribution in [0.15, 0.2) is 30.9 Å².